The second-order valence-electron chi connectivity index (χ2n) is 3.20. The molecule has 0 saturated carbocycles. The Morgan fingerprint density at radius 3 is 2.31 bits per heavy atom. The van der Waals surface area contributed by atoms with Crippen molar-refractivity contribution in [3.63, 3.8) is 0 Å². The molecule has 16 heavy (non-hydrogen) atoms. The molecule has 0 aliphatic carbocycles. The highest BCUT2D eigenvalue weighted by atomic mass is 79.9. The van der Waals surface area contributed by atoms with E-state index in [0.29, 0.717) is 22.9 Å². The second kappa shape index (κ2) is 5.02. The highest BCUT2D eigenvalue weighted by molar-refractivity contribution is 9.09. The zero-order valence-electron chi connectivity index (χ0n) is 8.47. The molecule has 0 radical (unpaired) electrons. The van der Waals surface area contributed by atoms with E-state index in [9.17, 15) is 20.2 Å². The molecule has 0 aliphatic rings. The smallest absolute Gasteiger partial charge is 0.258 e. The van der Waals surface area contributed by atoms with E-state index in [1.807, 2.05) is 0 Å². The normalized spacial score (nSPS) is 10.1. The number of rotatable bonds is 4. The van der Waals surface area contributed by atoms with E-state index in [2.05, 4.69) is 15.9 Å². The first-order valence-corrected chi connectivity index (χ1v) is 5.57. The fourth-order valence-corrected chi connectivity index (χ4v) is 1.82. The fourth-order valence-electron chi connectivity index (χ4n) is 1.40. The molecule has 0 unspecified atom stereocenters. The van der Waals surface area contributed by atoms with Crippen LogP contribution >= 0.6 is 15.9 Å². The van der Waals surface area contributed by atoms with E-state index in [1.165, 1.54) is 6.07 Å². The van der Waals surface area contributed by atoms with Crippen LogP contribution in [0.5, 0.6) is 0 Å². The van der Waals surface area contributed by atoms with Crippen LogP contribution in [0.15, 0.2) is 12.1 Å². The van der Waals surface area contributed by atoms with Gasteiger partial charge in [-0.25, -0.2) is 0 Å². The molecule has 6 nitrogen and oxygen atoms in total. The van der Waals surface area contributed by atoms with Gasteiger partial charge < -0.3 is 0 Å². The van der Waals surface area contributed by atoms with Crippen molar-refractivity contribution in [1.29, 1.82) is 0 Å². The van der Waals surface area contributed by atoms with Gasteiger partial charge in [0.05, 0.1) is 15.9 Å². The molecular formula is C9H9BrN2O4. The predicted octanol–water partition coefficient (Wildman–Crippen LogP) is 2.75. The van der Waals surface area contributed by atoms with Gasteiger partial charge in [-0.15, -0.1) is 0 Å². The highest BCUT2D eigenvalue weighted by Gasteiger charge is 2.20. The van der Waals surface area contributed by atoms with Gasteiger partial charge in [0.15, 0.2) is 0 Å². The van der Waals surface area contributed by atoms with Gasteiger partial charge in [-0.05, 0) is 18.9 Å². The monoisotopic (exact) mass is 288 g/mol. The molecule has 0 heterocycles. The van der Waals surface area contributed by atoms with Gasteiger partial charge >= 0.3 is 0 Å². The van der Waals surface area contributed by atoms with Crippen LogP contribution < -0.4 is 0 Å². The molecule has 0 fully saturated rings. The number of hydrogen-bond donors (Lipinski definition) is 0. The number of non-ortho nitro benzene ring substituents is 1. The van der Waals surface area contributed by atoms with Crippen LogP contribution in [-0.4, -0.2) is 15.2 Å². The van der Waals surface area contributed by atoms with E-state index in [0.717, 1.165) is 6.07 Å². The van der Waals surface area contributed by atoms with E-state index >= 15 is 0 Å². The number of alkyl halides is 1. The average Bonchev–Trinajstić information content (AvgIpc) is 2.20. The molecule has 0 bridgehead atoms. The average molecular weight is 289 g/mol. The molecule has 1 aromatic rings. The predicted molar refractivity (Wildman–Crippen MR) is 62.0 cm³/mol. The van der Waals surface area contributed by atoms with E-state index < -0.39 is 9.85 Å². The van der Waals surface area contributed by atoms with Crippen LogP contribution in [0.1, 0.15) is 11.1 Å². The maximum Gasteiger partial charge on any atom is 0.279 e. The van der Waals surface area contributed by atoms with Crippen molar-refractivity contribution in [3.8, 4) is 0 Å². The first kappa shape index (κ1) is 12.6. The molecule has 7 heteroatoms. The van der Waals surface area contributed by atoms with Crippen molar-refractivity contribution in [2.24, 2.45) is 0 Å². The Hall–Kier alpha value is -1.50. The van der Waals surface area contributed by atoms with Crippen LogP contribution in [0, 0.1) is 27.2 Å². The topological polar surface area (TPSA) is 86.3 Å². The lowest BCUT2D eigenvalue weighted by Crippen LogP contribution is -2.00. The number of aryl methyl sites for hydroxylation is 1. The Bertz CT molecular complexity index is 447. The zero-order chi connectivity index (χ0) is 12.3. The van der Waals surface area contributed by atoms with Gasteiger partial charge in [-0.1, -0.05) is 15.9 Å². The molecule has 0 spiro atoms. The van der Waals surface area contributed by atoms with Crippen LogP contribution in [0.4, 0.5) is 11.4 Å². The zero-order valence-corrected chi connectivity index (χ0v) is 10.1. The molecule has 0 saturated heterocycles. The van der Waals surface area contributed by atoms with Crippen LogP contribution in [0.2, 0.25) is 0 Å². The number of hydrogen-bond acceptors (Lipinski definition) is 4. The first-order chi connectivity index (χ1) is 7.47. The van der Waals surface area contributed by atoms with Crippen molar-refractivity contribution in [2.45, 2.75) is 13.3 Å². The van der Waals surface area contributed by atoms with Gasteiger partial charge in [0, 0.05) is 17.0 Å². The minimum Gasteiger partial charge on any atom is -0.258 e. The number of nitro benzene ring substituents is 2. The van der Waals surface area contributed by atoms with E-state index in [-0.39, 0.29) is 11.4 Å². The SMILES string of the molecule is Cc1c(CCBr)cc([N+](=O)[O-])cc1[N+](=O)[O-]. The minimum absolute atomic E-state index is 0.204. The Morgan fingerprint density at radius 1 is 1.25 bits per heavy atom. The van der Waals surface area contributed by atoms with Crippen molar-refractivity contribution in [3.05, 3.63) is 43.5 Å². The molecule has 86 valence electrons. The summed E-state index contributed by atoms with van der Waals surface area (Å²) in [4.78, 5) is 20.1. The Balaban J connectivity index is 3.38. The van der Waals surface area contributed by atoms with Crippen molar-refractivity contribution in [2.75, 3.05) is 5.33 Å². The number of nitrogens with zero attached hydrogens (tertiary/aromatic N) is 2. The third-order valence-electron chi connectivity index (χ3n) is 2.24. The Morgan fingerprint density at radius 2 is 1.88 bits per heavy atom. The number of benzene rings is 1. The maximum atomic E-state index is 10.7. The molecule has 1 aromatic carbocycles. The molecule has 0 aliphatic heterocycles. The lowest BCUT2D eigenvalue weighted by atomic mass is 10.0. The Kier molecular flexibility index (Phi) is 3.94. The highest BCUT2D eigenvalue weighted by Crippen LogP contribution is 2.28. The molecule has 0 amide bonds. The summed E-state index contributed by atoms with van der Waals surface area (Å²) in [5.41, 5.74) is 0.659. The van der Waals surface area contributed by atoms with E-state index in [4.69, 9.17) is 0 Å². The summed E-state index contributed by atoms with van der Waals surface area (Å²) in [5.74, 6) is 0. The fraction of sp³-hybridized carbons (Fsp3) is 0.333. The quantitative estimate of drug-likeness (QED) is 0.484. The summed E-state index contributed by atoms with van der Waals surface area (Å²) >= 11 is 3.20. The molecular weight excluding hydrogens is 280 g/mol. The van der Waals surface area contributed by atoms with Crippen molar-refractivity contribution in [1.82, 2.24) is 0 Å². The van der Waals surface area contributed by atoms with Crippen LogP contribution in [-0.2, 0) is 6.42 Å². The summed E-state index contributed by atoms with van der Waals surface area (Å²) in [6.07, 6.45) is 0.522. The summed E-state index contributed by atoms with van der Waals surface area (Å²) in [6, 6.07) is 2.37. The van der Waals surface area contributed by atoms with Crippen LogP contribution in [0.3, 0.4) is 0 Å². The third kappa shape index (κ3) is 2.54. The largest absolute Gasteiger partial charge is 0.279 e. The van der Waals surface area contributed by atoms with Crippen molar-refractivity contribution < 1.29 is 9.85 Å². The lowest BCUT2D eigenvalue weighted by molar-refractivity contribution is -0.394. The number of nitro groups is 2. The van der Waals surface area contributed by atoms with Crippen molar-refractivity contribution >= 4 is 27.3 Å². The molecule has 0 N–H and O–H groups in total. The lowest BCUT2D eigenvalue weighted by Gasteiger charge is -2.04. The molecule has 1 rings (SSSR count). The summed E-state index contributed by atoms with van der Waals surface area (Å²) in [7, 11) is 0. The van der Waals surface area contributed by atoms with Gasteiger partial charge in [0.2, 0.25) is 0 Å². The summed E-state index contributed by atoms with van der Waals surface area (Å²) in [5, 5.41) is 21.9. The van der Waals surface area contributed by atoms with Gasteiger partial charge in [0.1, 0.15) is 0 Å². The summed E-state index contributed by atoms with van der Waals surface area (Å²) < 4.78 is 0. The number of halogens is 1. The van der Waals surface area contributed by atoms with E-state index in [1.54, 1.807) is 6.92 Å². The summed E-state index contributed by atoms with van der Waals surface area (Å²) in [6.45, 7) is 1.60. The molecule has 0 aromatic heterocycles. The first-order valence-electron chi connectivity index (χ1n) is 4.45. The van der Waals surface area contributed by atoms with Gasteiger partial charge in [-0.3, -0.25) is 20.2 Å². The van der Waals surface area contributed by atoms with Gasteiger partial charge in [-0.2, -0.15) is 0 Å². The molecule has 0 atom stereocenters. The maximum absolute atomic E-state index is 10.7. The second-order valence-corrected chi connectivity index (χ2v) is 4.00. The Labute approximate surface area is 99.7 Å². The third-order valence-corrected chi connectivity index (χ3v) is 2.64. The standard InChI is InChI=1S/C9H9BrN2O4/c1-6-7(2-3-10)4-8(11(13)14)5-9(6)12(15)16/h4-5H,2-3H2,1H3. The minimum atomic E-state index is -0.621. The van der Waals surface area contributed by atoms with Crippen LogP contribution in [0.25, 0.3) is 0 Å². The van der Waals surface area contributed by atoms with Gasteiger partial charge in [0.25, 0.3) is 11.4 Å².